The number of nitrogens with one attached hydrogen (secondary N) is 1. The summed E-state index contributed by atoms with van der Waals surface area (Å²) in [5.41, 5.74) is 10.9. The topological polar surface area (TPSA) is 206 Å². The Hall–Kier alpha value is -1.13. The van der Waals surface area contributed by atoms with Gasteiger partial charge in [0.15, 0.2) is 12.6 Å². The highest BCUT2D eigenvalue weighted by Crippen LogP contribution is 2.48. The summed E-state index contributed by atoms with van der Waals surface area (Å²) in [6.45, 7) is 9.45. The summed E-state index contributed by atoms with van der Waals surface area (Å²) in [5, 5.41) is 2.68. The zero-order valence-corrected chi connectivity index (χ0v) is 28.8. The van der Waals surface area contributed by atoms with Crippen LogP contribution in [0.5, 0.6) is 0 Å². The monoisotopic (exact) mass is 713 g/mol. The first-order valence-corrected chi connectivity index (χ1v) is 17.1. The van der Waals surface area contributed by atoms with Gasteiger partial charge in [-0.25, -0.2) is 9.59 Å². The summed E-state index contributed by atoms with van der Waals surface area (Å²) < 4.78 is 56.7. The standard InChI is InChI=1S/C25H43Cl3N3O12P/c1-8-15-12(3)13(4)16(31-24(34)37-10-25(26,27)28)21(39-15)41-19-17(42-23(30)33)14(5)18(20(29)32)40-22(19)43-44(7,35)38-9-11(2)36-6/h11-19,21-22H,8-10H2,1-7H3,(H2,29,32)(H2,30,33)(H,31,34)/t11-,12-,13-,14-,15?,16?,17-,18?,19?,21-,22-,44?/m0/s1. The molecule has 0 radical (unpaired) electrons. The molecule has 0 spiro atoms. The summed E-state index contributed by atoms with van der Waals surface area (Å²) >= 11 is 17.1. The van der Waals surface area contributed by atoms with Crippen LogP contribution in [0.4, 0.5) is 9.59 Å². The van der Waals surface area contributed by atoms with E-state index in [0.717, 1.165) is 0 Å². The maximum Gasteiger partial charge on any atom is 0.407 e. The van der Waals surface area contributed by atoms with Gasteiger partial charge in [-0.3, -0.25) is 13.9 Å². The molecule has 19 heteroatoms. The van der Waals surface area contributed by atoms with Crippen LogP contribution in [-0.2, 0) is 46.8 Å². The van der Waals surface area contributed by atoms with Gasteiger partial charge in [-0.05, 0) is 25.2 Å². The smallest absolute Gasteiger partial charge is 0.407 e. The minimum atomic E-state index is -3.94. The summed E-state index contributed by atoms with van der Waals surface area (Å²) in [7, 11) is -2.49. The molecule has 2 saturated heterocycles. The van der Waals surface area contributed by atoms with Crippen LogP contribution < -0.4 is 16.8 Å². The molecule has 0 aliphatic carbocycles. The zero-order chi connectivity index (χ0) is 33.6. The zero-order valence-electron chi connectivity index (χ0n) is 25.6. The Balaban J connectivity index is 2.49. The second-order valence-electron chi connectivity index (χ2n) is 10.9. The fraction of sp³-hybridized carbons (Fsp3) is 0.880. The van der Waals surface area contributed by atoms with Crippen molar-refractivity contribution >= 4 is 60.5 Å². The van der Waals surface area contributed by atoms with E-state index in [4.69, 9.17) is 83.7 Å². The Kier molecular flexibility index (Phi) is 14.8. The maximum absolute atomic E-state index is 13.4. The van der Waals surface area contributed by atoms with Gasteiger partial charge in [0.05, 0.1) is 24.9 Å². The molecule has 5 unspecified atom stereocenters. The number of hydrogen-bond acceptors (Lipinski definition) is 12. The lowest BCUT2D eigenvalue weighted by molar-refractivity contribution is -0.322. The van der Waals surface area contributed by atoms with Gasteiger partial charge in [-0.2, -0.15) is 0 Å². The maximum atomic E-state index is 13.4. The average molecular weight is 715 g/mol. The van der Waals surface area contributed by atoms with E-state index in [9.17, 15) is 18.9 Å². The van der Waals surface area contributed by atoms with Crippen molar-refractivity contribution in [2.24, 2.45) is 29.2 Å². The second-order valence-corrected chi connectivity index (χ2v) is 15.5. The lowest BCUT2D eigenvalue weighted by Crippen LogP contribution is -2.64. The van der Waals surface area contributed by atoms with Crippen LogP contribution in [0.3, 0.4) is 0 Å². The highest BCUT2D eigenvalue weighted by Gasteiger charge is 2.54. The van der Waals surface area contributed by atoms with Crippen molar-refractivity contribution in [1.82, 2.24) is 5.32 Å². The van der Waals surface area contributed by atoms with Crippen LogP contribution in [0.1, 0.15) is 41.0 Å². The van der Waals surface area contributed by atoms with Crippen LogP contribution in [-0.4, -0.2) is 98.0 Å². The average Bonchev–Trinajstić information content (AvgIpc) is 2.92. The van der Waals surface area contributed by atoms with E-state index in [-0.39, 0.29) is 24.5 Å². The number of methoxy groups -OCH3 is 1. The number of carbonyl (C=O) groups is 3. The molecule has 2 aliphatic heterocycles. The molecule has 2 fully saturated rings. The van der Waals surface area contributed by atoms with Gasteiger partial charge in [0.1, 0.15) is 24.9 Å². The summed E-state index contributed by atoms with van der Waals surface area (Å²) in [6, 6.07) is -0.873. The first-order valence-electron chi connectivity index (χ1n) is 13.9. The number of amides is 3. The van der Waals surface area contributed by atoms with Crippen molar-refractivity contribution in [2.45, 2.75) is 94.0 Å². The van der Waals surface area contributed by atoms with Gasteiger partial charge in [0.2, 0.25) is 9.70 Å². The predicted molar refractivity (Wildman–Crippen MR) is 159 cm³/mol. The van der Waals surface area contributed by atoms with Gasteiger partial charge in [-0.15, -0.1) is 0 Å². The first-order chi connectivity index (χ1) is 20.3. The third kappa shape index (κ3) is 11.3. The Morgan fingerprint density at radius 1 is 1.02 bits per heavy atom. The van der Waals surface area contributed by atoms with E-state index in [1.165, 1.54) is 20.7 Å². The number of primary amides is 2. The Labute approximate surface area is 271 Å². The van der Waals surface area contributed by atoms with Crippen molar-refractivity contribution in [3.8, 4) is 0 Å². The van der Waals surface area contributed by atoms with Gasteiger partial charge < -0.3 is 49.7 Å². The van der Waals surface area contributed by atoms with E-state index in [0.29, 0.717) is 6.42 Å². The molecule has 12 atom stereocenters. The number of alkyl halides is 3. The Morgan fingerprint density at radius 3 is 2.18 bits per heavy atom. The molecule has 256 valence electrons. The predicted octanol–water partition coefficient (Wildman–Crippen LogP) is 3.44. The van der Waals surface area contributed by atoms with Crippen molar-refractivity contribution in [2.75, 3.05) is 27.0 Å². The number of nitrogens with two attached hydrogens (primary N) is 2. The lowest BCUT2D eigenvalue weighted by atomic mass is 9.81. The highest BCUT2D eigenvalue weighted by atomic mass is 35.6. The van der Waals surface area contributed by atoms with Crippen LogP contribution >= 0.6 is 42.4 Å². The Morgan fingerprint density at radius 2 is 1.66 bits per heavy atom. The van der Waals surface area contributed by atoms with Crippen LogP contribution in [0.2, 0.25) is 0 Å². The number of ether oxygens (including phenoxy) is 6. The van der Waals surface area contributed by atoms with Crippen molar-refractivity contribution in [1.29, 1.82) is 0 Å². The Bertz CT molecular complexity index is 1040. The highest BCUT2D eigenvalue weighted by molar-refractivity contribution is 7.53. The van der Waals surface area contributed by atoms with Crippen molar-refractivity contribution in [3.05, 3.63) is 0 Å². The molecule has 5 N–H and O–H groups in total. The minimum absolute atomic E-state index is 0.0733. The molecule has 2 aliphatic rings. The molecule has 2 rings (SSSR count). The van der Waals surface area contributed by atoms with E-state index in [1.54, 1.807) is 6.92 Å². The largest absolute Gasteiger partial charge is 0.445 e. The van der Waals surface area contributed by atoms with Crippen LogP contribution in [0.15, 0.2) is 0 Å². The van der Waals surface area contributed by atoms with Crippen molar-refractivity contribution < 1.29 is 56.4 Å². The van der Waals surface area contributed by atoms with Gasteiger partial charge in [0.25, 0.3) is 0 Å². The number of carbonyl (C=O) groups excluding carboxylic acids is 3. The molecule has 0 aromatic rings. The van der Waals surface area contributed by atoms with Crippen LogP contribution in [0, 0.1) is 17.8 Å². The van der Waals surface area contributed by atoms with E-state index in [1.807, 2.05) is 20.8 Å². The molecular formula is C25H43Cl3N3O12P. The fourth-order valence-electron chi connectivity index (χ4n) is 4.92. The molecule has 3 amide bonds. The molecular weight excluding hydrogens is 672 g/mol. The van der Waals surface area contributed by atoms with Crippen molar-refractivity contribution in [3.63, 3.8) is 0 Å². The molecule has 0 bridgehead atoms. The van der Waals surface area contributed by atoms with E-state index < -0.39 is 85.0 Å². The third-order valence-corrected chi connectivity index (χ3v) is 9.11. The number of hydrogen-bond donors (Lipinski definition) is 3. The third-order valence-electron chi connectivity index (χ3n) is 7.57. The SMILES string of the molecule is CCC1O[C@@H](OC2[C@H](OP(C)(=O)OC[C@H](C)OC)OC(C(N)=O)[C@@H](C)[C@@H]2OC(N)=O)C(NC(=O)OCC(Cl)(Cl)Cl)[C@@H](C)[C@@H]1C. The molecule has 2 heterocycles. The summed E-state index contributed by atoms with van der Waals surface area (Å²) in [5.74, 6) is -2.18. The molecule has 0 saturated carbocycles. The van der Waals surface area contributed by atoms with Gasteiger partial charge in [0, 0.05) is 19.7 Å². The molecule has 0 aromatic heterocycles. The molecule has 15 nitrogen and oxygen atoms in total. The molecule has 44 heavy (non-hydrogen) atoms. The minimum Gasteiger partial charge on any atom is -0.445 e. The quantitative estimate of drug-likeness (QED) is 0.185. The normalized spacial score (nSPS) is 34.8. The molecule has 0 aromatic carbocycles. The second kappa shape index (κ2) is 16.6. The number of halogens is 3. The fourth-order valence-corrected chi connectivity index (χ4v) is 6.17. The summed E-state index contributed by atoms with van der Waals surface area (Å²) in [6.07, 6.45) is -9.34. The lowest BCUT2D eigenvalue weighted by Gasteiger charge is -2.49. The van der Waals surface area contributed by atoms with E-state index >= 15 is 0 Å². The van der Waals surface area contributed by atoms with Gasteiger partial charge >= 0.3 is 19.8 Å². The van der Waals surface area contributed by atoms with E-state index in [2.05, 4.69) is 5.32 Å². The van der Waals surface area contributed by atoms with Crippen LogP contribution in [0.25, 0.3) is 0 Å². The number of alkyl carbamates (subject to hydrolysis) is 1. The number of rotatable bonds is 13. The van der Waals surface area contributed by atoms with Gasteiger partial charge in [-0.1, -0.05) is 62.5 Å². The first kappa shape index (κ1) is 39.1. The summed E-state index contributed by atoms with van der Waals surface area (Å²) in [4.78, 5) is 37.0.